The molecule has 23 heavy (non-hydrogen) atoms. The molecule has 6 heteroatoms. The lowest BCUT2D eigenvalue weighted by Crippen LogP contribution is -2.25. The van der Waals surface area contributed by atoms with Gasteiger partial charge in [0.25, 0.3) is 5.92 Å². The molecule has 0 saturated carbocycles. The van der Waals surface area contributed by atoms with Gasteiger partial charge in [-0.25, -0.2) is 8.78 Å². The van der Waals surface area contributed by atoms with Crippen LogP contribution in [-0.2, 0) is 4.79 Å². The monoisotopic (exact) mass is 334 g/mol. The summed E-state index contributed by atoms with van der Waals surface area (Å²) in [7, 11) is 0. The van der Waals surface area contributed by atoms with Crippen molar-refractivity contribution in [2.45, 2.75) is 52.1 Å². The van der Waals surface area contributed by atoms with E-state index in [4.69, 9.17) is 0 Å². The van der Waals surface area contributed by atoms with Crippen LogP contribution in [0.1, 0.15) is 40.0 Å². The van der Waals surface area contributed by atoms with Crippen molar-refractivity contribution in [1.82, 2.24) is 0 Å². The third-order valence-corrected chi connectivity index (χ3v) is 3.34. The van der Waals surface area contributed by atoms with Crippen LogP contribution < -0.4 is 0 Å². The van der Waals surface area contributed by atoms with E-state index in [0.29, 0.717) is 6.92 Å². The molecular formula is C17H19F5O. The lowest BCUT2D eigenvalue weighted by atomic mass is 9.82. The van der Waals surface area contributed by atoms with Crippen molar-refractivity contribution < 1.29 is 26.7 Å². The van der Waals surface area contributed by atoms with Crippen LogP contribution in [0.5, 0.6) is 0 Å². The Bertz CT molecular complexity index is 583. The van der Waals surface area contributed by atoms with E-state index < -0.39 is 40.2 Å². The normalized spacial score (nSPS) is 19.0. The minimum Gasteiger partial charge on any atom is -0.294 e. The van der Waals surface area contributed by atoms with Gasteiger partial charge in [0.2, 0.25) is 0 Å². The second-order valence-electron chi connectivity index (χ2n) is 5.02. The smallest absolute Gasteiger partial charge is 0.294 e. The van der Waals surface area contributed by atoms with Crippen molar-refractivity contribution in [2.24, 2.45) is 0 Å². The van der Waals surface area contributed by atoms with Gasteiger partial charge in [-0.1, -0.05) is 38.2 Å². The lowest BCUT2D eigenvalue weighted by molar-refractivity contribution is -0.115. The van der Waals surface area contributed by atoms with Crippen LogP contribution in [-0.4, -0.2) is 17.9 Å². The Hall–Kier alpha value is -1.72. The summed E-state index contributed by atoms with van der Waals surface area (Å²) < 4.78 is 66.4. The van der Waals surface area contributed by atoms with Gasteiger partial charge >= 0.3 is 6.18 Å². The number of Topliss-reactive ketones (excluding diaryl/α,β-unsaturated/α-hetero) is 1. The van der Waals surface area contributed by atoms with Gasteiger partial charge in [0.1, 0.15) is 0 Å². The van der Waals surface area contributed by atoms with Gasteiger partial charge in [-0.15, -0.1) is 0 Å². The third-order valence-electron chi connectivity index (χ3n) is 3.34. The van der Waals surface area contributed by atoms with Gasteiger partial charge in [0, 0.05) is 24.5 Å². The molecule has 128 valence electrons. The highest BCUT2D eigenvalue weighted by Crippen LogP contribution is 2.42. The molecule has 0 heterocycles. The van der Waals surface area contributed by atoms with Crippen LogP contribution in [0.3, 0.4) is 0 Å². The predicted octanol–water partition coefficient (Wildman–Crippen LogP) is 5.70. The SMILES string of the molecule is CC.CC(F)(F)C1=C(C2=CCCC=C2C(F)(F)F)C(=O)CC=C1. The van der Waals surface area contributed by atoms with E-state index in [0.717, 1.165) is 12.2 Å². The van der Waals surface area contributed by atoms with Crippen LogP contribution in [0.25, 0.3) is 0 Å². The molecule has 0 aromatic rings. The second-order valence-corrected chi connectivity index (χ2v) is 5.02. The summed E-state index contributed by atoms with van der Waals surface area (Å²) in [6.45, 7) is 4.58. The predicted molar refractivity (Wildman–Crippen MR) is 79.2 cm³/mol. The minimum atomic E-state index is -4.67. The summed E-state index contributed by atoms with van der Waals surface area (Å²) in [5, 5.41) is 0. The van der Waals surface area contributed by atoms with Crippen molar-refractivity contribution in [3.8, 4) is 0 Å². The van der Waals surface area contributed by atoms with E-state index in [-0.39, 0.29) is 19.3 Å². The fourth-order valence-electron chi connectivity index (χ4n) is 2.46. The van der Waals surface area contributed by atoms with Crippen molar-refractivity contribution in [1.29, 1.82) is 0 Å². The molecule has 0 bridgehead atoms. The molecule has 2 aliphatic rings. The molecule has 0 N–H and O–H groups in total. The summed E-state index contributed by atoms with van der Waals surface area (Å²) in [5.74, 6) is -4.09. The maximum atomic E-state index is 13.6. The van der Waals surface area contributed by atoms with E-state index in [9.17, 15) is 26.7 Å². The topological polar surface area (TPSA) is 17.1 Å². The molecule has 0 aliphatic heterocycles. The quantitative estimate of drug-likeness (QED) is 0.592. The molecule has 0 unspecified atom stereocenters. The minimum absolute atomic E-state index is 0.169. The van der Waals surface area contributed by atoms with Crippen LogP contribution in [0.15, 0.2) is 46.6 Å². The summed E-state index contributed by atoms with van der Waals surface area (Å²) in [5.41, 5.74) is -2.58. The number of ketones is 1. The number of hydrogen-bond donors (Lipinski definition) is 0. The fourth-order valence-corrected chi connectivity index (χ4v) is 2.46. The molecule has 2 aliphatic carbocycles. The van der Waals surface area contributed by atoms with Crippen molar-refractivity contribution in [3.63, 3.8) is 0 Å². The Morgan fingerprint density at radius 2 is 1.57 bits per heavy atom. The highest BCUT2D eigenvalue weighted by atomic mass is 19.4. The molecule has 0 atom stereocenters. The van der Waals surface area contributed by atoms with Crippen LogP contribution >= 0.6 is 0 Å². The first-order chi connectivity index (χ1) is 10.6. The molecule has 2 rings (SSSR count). The van der Waals surface area contributed by atoms with Crippen molar-refractivity contribution in [3.05, 3.63) is 46.6 Å². The highest BCUT2D eigenvalue weighted by molar-refractivity contribution is 6.04. The maximum absolute atomic E-state index is 13.6. The van der Waals surface area contributed by atoms with E-state index in [1.165, 1.54) is 12.2 Å². The van der Waals surface area contributed by atoms with Gasteiger partial charge in [-0.3, -0.25) is 4.79 Å². The first-order valence-corrected chi connectivity index (χ1v) is 7.43. The van der Waals surface area contributed by atoms with Gasteiger partial charge in [0.15, 0.2) is 5.78 Å². The molecule has 0 aromatic carbocycles. The Morgan fingerprint density at radius 1 is 1.00 bits per heavy atom. The number of hydrogen-bond acceptors (Lipinski definition) is 1. The van der Waals surface area contributed by atoms with E-state index in [2.05, 4.69) is 0 Å². The Kier molecular flexibility index (Phi) is 6.08. The van der Waals surface area contributed by atoms with Crippen LogP contribution in [0.4, 0.5) is 22.0 Å². The van der Waals surface area contributed by atoms with E-state index in [1.807, 2.05) is 13.8 Å². The number of allylic oxidation sites excluding steroid dienone is 8. The zero-order chi connectivity index (χ0) is 17.8. The Morgan fingerprint density at radius 3 is 2.09 bits per heavy atom. The van der Waals surface area contributed by atoms with Crippen molar-refractivity contribution in [2.75, 3.05) is 0 Å². The number of rotatable bonds is 2. The van der Waals surface area contributed by atoms with Gasteiger partial charge in [-0.2, -0.15) is 13.2 Å². The average molecular weight is 334 g/mol. The summed E-state index contributed by atoms with van der Waals surface area (Å²) in [6.07, 6.45) is 0.0944. The molecule has 0 radical (unpaired) electrons. The second kappa shape index (κ2) is 7.23. The van der Waals surface area contributed by atoms with Gasteiger partial charge in [0.05, 0.1) is 5.57 Å². The Labute approximate surface area is 132 Å². The number of halogens is 5. The molecule has 0 fully saturated rings. The highest BCUT2D eigenvalue weighted by Gasteiger charge is 2.42. The molecule has 0 saturated heterocycles. The summed E-state index contributed by atoms with van der Waals surface area (Å²) >= 11 is 0. The maximum Gasteiger partial charge on any atom is 0.416 e. The molecule has 1 nitrogen and oxygen atoms in total. The van der Waals surface area contributed by atoms with Gasteiger partial charge < -0.3 is 0 Å². The van der Waals surface area contributed by atoms with E-state index >= 15 is 0 Å². The third kappa shape index (κ3) is 4.39. The summed E-state index contributed by atoms with van der Waals surface area (Å²) in [4.78, 5) is 11.9. The van der Waals surface area contributed by atoms with Crippen LogP contribution in [0, 0.1) is 0 Å². The molecule has 0 aromatic heterocycles. The zero-order valence-corrected chi connectivity index (χ0v) is 13.2. The fraction of sp³-hybridized carbons (Fsp3) is 0.471. The number of carbonyl (C=O) groups is 1. The zero-order valence-electron chi connectivity index (χ0n) is 13.2. The van der Waals surface area contributed by atoms with E-state index in [1.54, 1.807) is 0 Å². The molecule has 0 spiro atoms. The standard InChI is InChI=1S/C15H13F5O.C2H6/c1-14(16,17)11-7-4-8-12(21)13(11)9-5-2-3-6-10(9)15(18,19)20;1-2/h4-7H,2-3,8H2,1H3;1-2H3. The summed E-state index contributed by atoms with van der Waals surface area (Å²) in [6, 6.07) is 0. The first-order valence-electron chi connectivity index (χ1n) is 7.43. The van der Waals surface area contributed by atoms with Crippen LogP contribution in [0.2, 0.25) is 0 Å². The van der Waals surface area contributed by atoms with Gasteiger partial charge in [-0.05, 0) is 18.4 Å². The lowest BCUT2D eigenvalue weighted by Gasteiger charge is -2.26. The first kappa shape index (κ1) is 19.3. The van der Waals surface area contributed by atoms with Crippen molar-refractivity contribution >= 4 is 5.78 Å². The average Bonchev–Trinajstić information content (AvgIpc) is 2.47. The molecular weight excluding hydrogens is 315 g/mol. The largest absolute Gasteiger partial charge is 0.416 e. The number of alkyl halides is 5. The number of carbonyl (C=O) groups excluding carboxylic acids is 1. The Balaban J connectivity index is 0.00000127. The molecule has 0 amide bonds.